The van der Waals surface area contributed by atoms with Crippen molar-refractivity contribution in [3.63, 3.8) is 0 Å². The fourth-order valence-corrected chi connectivity index (χ4v) is 6.78. The van der Waals surface area contributed by atoms with Crippen LogP contribution in [0.3, 0.4) is 0 Å². The molecule has 0 aromatic rings. The summed E-state index contributed by atoms with van der Waals surface area (Å²) in [5.74, 6) is 7.14. The molecule has 0 radical (unpaired) electrons. The Kier molecular flexibility index (Phi) is 3.17. The molecular formula is C18H30O. The standard InChI is InChI=1S/C18H30O/c1-11-2-5-16-14(11)8-9-17-15-7-4-13(19)10-12(15)3-6-18(16)17/h11-19H,2-10H2,1H3/t11?,12-,13+,14?,15?,16+,17+,18?/m0/s1. The fourth-order valence-electron chi connectivity index (χ4n) is 6.78. The Morgan fingerprint density at radius 1 is 0.632 bits per heavy atom. The molecule has 0 aliphatic heterocycles. The first kappa shape index (κ1) is 12.7. The highest BCUT2D eigenvalue weighted by Gasteiger charge is 2.50. The molecule has 4 aliphatic rings. The predicted octanol–water partition coefficient (Wildman–Crippen LogP) is 4.25. The molecule has 108 valence electrons. The van der Waals surface area contributed by atoms with E-state index in [9.17, 15) is 5.11 Å². The Morgan fingerprint density at radius 3 is 2.11 bits per heavy atom. The summed E-state index contributed by atoms with van der Waals surface area (Å²) in [6.45, 7) is 2.51. The second kappa shape index (κ2) is 4.76. The van der Waals surface area contributed by atoms with Gasteiger partial charge in [0.1, 0.15) is 0 Å². The van der Waals surface area contributed by atoms with Gasteiger partial charge in [-0.15, -0.1) is 0 Å². The molecule has 1 N–H and O–H groups in total. The van der Waals surface area contributed by atoms with Gasteiger partial charge in [-0.25, -0.2) is 0 Å². The molecule has 4 aliphatic carbocycles. The van der Waals surface area contributed by atoms with Gasteiger partial charge < -0.3 is 5.11 Å². The van der Waals surface area contributed by atoms with E-state index in [2.05, 4.69) is 6.92 Å². The monoisotopic (exact) mass is 262 g/mol. The van der Waals surface area contributed by atoms with Crippen molar-refractivity contribution in [3.8, 4) is 0 Å². The van der Waals surface area contributed by atoms with E-state index in [-0.39, 0.29) is 6.10 Å². The van der Waals surface area contributed by atoms with Crippen LogP contribution in [0.25, 0.3) is 0 Å². The summed E-state index contributed by atoms with van der Waals surface area (Å²) < 4.78 is 0. The van der Waals surface area contributed by atoms with Crippen LogP contribution < -0.4 is 0 Å². The van der Waals surface area contributed by atoms with Crippen molar-refractivity contribution < 1.29 is 5.11 Å². The van der Waals surface area contributed by atoms with Crippen LogP contribution in [0.1, 0.15) is 64.7 Å². The van der Waals surface area contributed by atoms with Crippen LogP contribution in [0.5, 0.6) is 0 Å². The molecule has 4 unspecified atom stereocenters. The Morgan fingerprint density at radius 2 is 1.21 bits per heavy atom. The van der Waals surface area contributed by atoms with Crippen LogP contribution in [0.4, 0.5) is 0 Å². The van der Waals surface area contributed by atoms with Gasteiger partial charge in [0.25, 0.3) is 0 Å². The first-order valence-corrected chi connectivity index (χ1v) is 8.92. The molecule has 0 aromatic heterocycles. The van der Waals surface area contributed by atoms with E-state index in [0.29, 0.717) is 0 Å². The Hall–Kier alpha value is -0.0400. The SMILES string of the molecule is CC1CC[C@@H]2C1CC[C@@H]1C3CC[C@@H](O)C[C@@H]3CCC21. The second-order valence-electron chi connectivity index (χ2n) is 8.26. The van der Waals surface area contributed by atoms with Gasteiger partial charge in [0.05, 0.1) is 6.10 Å². The first-order valence-electron chi connectivity index (χ1n) is 8.92. The van der Waals surface area contributed by atoms with Gasteiger partial charge in [-0.2, -0.15) is 0 Å². The Labute approximate surface area is 118 Å². The van der Waals surface area contributed by atoms with Gasteiger partial charge in [0.15, 0.2) is 0 Å². The lowest BCUT2D eigenvalue weighted by Crippen LogP contribution is -2.45. The largest absolute Gasteiger partial charge is 0.393 e. The van der Waals surface area contributed by atoms with Gasteiger partial charge in [-0.3, -0.25) is 0 Å². The summed E-state index contributed by atoms with van der Waals surface area (Å²) in [4.78, 5) is 0. The third-order valence-electron chi connectivity index (χ3n) is 7.60. The predicted molar refractivity (Wildman–Crippen MR) is 77.7 cm³/mol. The maximum atomic E-state index is 9.93. The van der Waals surface area contributed by atoms with E-state index in [4.69, 9.17) is 0 Å². The normalized spacial score (nSPS) is 57.2. The fraction of sp³-hybridized carbons (Fsp3) is 1.00. The van der Waals surface area contributed by atoms with Crippen LogP contribution in [0.2, 0.25) is 0 Å². The second-order valence-corrected chi connectivity index (χ2v) is 8.26. The molecule has 4 saturated carbocycles. The molecule has 19 heavy (non-hydrogen) atoms. The lowest BCUT2D eigenvalue weighted by molar-refractivity contribution is -0.0489. The van der Waals surface area contributed by atoms with Gasteiger partial charge in [0.2, 0.25) is 0 Å². The molecule has 0 aromatic carbocycles. The van der Waals surface area contributed by atoms with Gasteiger partial charge in [-0.1, -0.05) is 13.3 Å². The average Bonchev–Trinajstić information content (AvgIpc) is 2.80. The molecule has 1 nitrogen and oxygen atoms in total. The molecule has 0 saturated heterocycles. The highest BCUT2D eigenvalue weighted by molar-refractivity contribution is 5.00. The van der Waals surface area contributed by atoms with E-state index in [1.165, 1.54) is 44.9 Å². The van der Waals surface area contributed by atoms with Crippen LogP contribution >= 0.6 is 0 Å². The number of rotatable bonds is 0. The van der Waals surface area contributed by atoms with E-state index in [0.717, 1.165) is 54.3 Å². The zero-order valence-electron chi connectivity index (χ0n) is 12.4. The summed E-state index contributed by atoms with van der Waals surface area (Å²) in [7, 11) is 0. The smallest absolute Gasteiger partial charge is 0.0543 e. The average molecular weight is 262 g/mol. The summed E-state index contributed by atoms with van der Waals surface area (Å²) in [5.41, 5.74) is 0. The molecular weight excluding hydrogens is 232 g/mol. The quantitative estimate of drug-likeness (QED) is 0.692. The summed E-state index contributed by atoms with van der Waals surface area (Å²) in [6, 6.07) is 0. The highest BCUT2D eigenvalue weighted by Crippen LogP contribution is 2.58. The third kappa shape index (κ3) is 1.99. The Balaban J connectivity index is 1.53. The molecule has 4 rings (SSSR count). The Bertz CT molecular complexity index is 339. The first-order chi connectivity index (χ1) is 9.24. The zero-order valence-corrected chi connectivity index (χ0v) is 12.4. The molecule has 0 bridgehead atoms. The highest BCUT2D eigenvalue weighted by atomic mass is 16.3. The van der Waals surface area contributed by atoms with Crippen LogP contribution in [-0.2, 0) is 0 Å². The minimum Gasteiger partial charge on any atom is -0.393 e. The lowest BCUT2D eigenvalue weighted by Gasteiger charge is -2.52. The summed E-state index contributed by atoms with van der Waals surface area (Å²) >= 11 is 0. The van der Waals surface area contributed by atoms with Gasteiger partial charge >= 0.3 is 0 Å². The molecule has 8 atom stereocenters. The van der Waals surface area contributed by atoms with Gasteiger partial charge in [-0.05, 0) is 92.8 Å². The molecule has 4 fully saturated rings. The van der Waals surface area contributed by atoms with E-state index >= 15 is 0 Å². The van der Waals surface area contributed by atoms with Crippen molar-refractivity contribution in [1.82, 2.24) is 0 Å². The number of aliphatic hydroxyl groups is 1. The van der Waals surface area contributed by atoms with Crippen molar-refractivity contribution in [2.45, 2.75) is 70.8 Å². The number of hydrogen-bond acceptors (Lipinski definition) is 1. The minimum atomic E-state index is 0.0284. The van der Waals surface area contributed by atoms with Gasteiger partial charge in [0, 0.05) is 0 Å². The van der Waals surface area contributed by atoms with Crippen LogP contribution in [0.15, 0.2) is 0 Å². The maximum Gasteiger partial charge on any atom is 0.0543 e. The van der Waals surface area contributed by atoms with E-state index in [1.807, 2.05) is 0 Å². The third-order valence-corrected chi connectivity index (χ3v) is 7.60. The molecule has 1 heteroatoms. The molecule has 0 heterocycles. The molecule has 0 amide bonds. The van der Waals surface area contributed by atoms with Crippen molar-refractivity contribution in [2.24, 2.45) is 41.4 Å². The number of fused-ring (bicyclic) bond motifs is 5. The maximum absolute atomic E-state index is 9.93. The van der Waals surface area contributed by atoms with Crippen LogP contribution in [0, 0.1) is 41.4 Å². The van der Waals surface area contributed by atoms with Crippen molar-refractivity contribution in [2.75, 3.05) is 0 Å². The topological polar surface area (TPSA) is 20.2 Å². The van der Waals surface area contributed by atoms with Crippen LogP contribution in [-0.4, -0.2) is 11.2 Å². The minimum absolute atomic E-state index is 0.0284. The number of hydrogen-bond donors (Lipinski definition) is 1. The van der Waals surface area contributed by atoms with Crippen molar-refractivity contribution in [1.29, 1.82) is 0 Å². The summed E-state index contributed by atoms with van der Waals surface area (Å²) in [6.07, 6.45) is 12.6. The van der Waals surface area contributed by atoms with E-state index < -0.39 is 0 Å². The van der Waals surface area contributed by atoms with Crippen molar-refractivity contribution in [3.05, 3.63) is 0 Å². The lowest BCUT2D eigenvalue weighted by atomic mass is 9.53. The molecule has 0 spiro atoms. The zero-order chi connectivity index (χ0) is 13.0. The summed E-state index contributed by atoms with van der Waals surface area (Å²) in [5, 5.41) is 9.93. The number of aliphatic hydroxyl groups excluding tert-OH is 1. The van der Waals surface area contributed by atoms with Crippen molar-refractivity contribution >= 4 is 0 Å². The van der Waals surface area contributed by atoms with E-state index in [1.54, 1.807) is 0 Å².